The maximum absolute atomic E-state index is 5.84. The van der Waals surface area contributed by atoms with Gasteiger partial charge in [-0.05, 0) is 40.6 Å². The van der Waals surface area contributed by atoms with Gasteiger partial charge >= 0.3 is 0 Å². The van der Waals surface area contributed by atoms with Gasteiger partial charge in [0, 0.05) is 0 Å². The number of fused-ring (bicyclic) bond motifs is 1. The second kappa shape index (κ2) is 5.66. The minimum Gasteiger partial charge on any atom is -0.497 e. The lowest BCUT2D eigenvalue weighted by Crippen LogP contribution is -1.96. The summed E-state index contributed by atoms with van der Waals surface area (Å²) in [6, 6.07) is 22.3. The molecule has 2 nitrogen and oxygen atoms in total. The summed E-state index contributed by atoms with van der Waals surface area (Å²) in [6.07, 6.45) is 0. The van der Waals surface area contributed by atoms with Crippen molar-refractivity contribution < 1.29 is 9.47 Å². The van der Waals surface area contributed by atoms with Gasteiger partial charge in [0.05, 0.1) is 7.11 Å². The first-order chi connectivity index (χ1) is 9.86. The van der Waals surface area contributed by atoms with E-state index in [1.54, 1.807) is 7.11 Å². The molecule has 20 heavy (non-hydrogen) atoms. The van der Waals surface area contributed by atoms with Gasteiger partial charge in [0.2, 0.25) is 0 Å². The molecule has 0 aliphatic heterocycles. The average Bonchev–Trinajstić information content (AvgIpc) is 2.53. The summed E-state index contributed by atoms with van der Waals surface area (Å²) >= 11 is 0. The third kappa shape index (κ3) is 2.59. The normalized spacial score (nSPS) is 10.4. The van der Waals surface area contributed by atoms with Crippen molar-refractivity contribution in [3.63, 3.8) is 0 Å². The zero-order valence-corrected chi connectivity index (χ0v) is 11.4. The number of hydrogen-bond donors (Lipinski definition) is 0. The van der Waals surface area contributed by atoms with Gasteiger partial charge in [-0.2, -0.15) is 0 Å². The van der Waals surface area contributed by atoms with Crippen LogP contribution in [0.1, 0.15) is 5.56 Å². The number of benzene rings is 3. The minimum absolute atomic E-state index is 0.563. The van der Waals surface area contributed by atoms with E-state index in [4.69, 9.17) is 9.47 Å². The van der Waals surface area contributed by atoms with Crippen LogP contribution < -0.4 is 9.47 Å². The Kier molecular flexibility index (Phi) is 3.55. The van der Waals surface area contributed by atoms with Crippen LogP contribution in [-0.4, -0.2) is 7.11 Å². The van der Waals surface area contributed by atoms with E-state index in [0.29, 0.717) is 6.61 Å². The number of rotatable bonds is 4. The van der Waals surface area contributed by atoms with E-state index < -0.39 is 0 Å². The molecule has 3 aromatic carbocycles. The number of ether oxygens (including phenoxy) is 2. The van der Waals surface area contributed by atoms with Crippen molar-refractivity contribution in [3.8, 4) is 11.5 Å². The average molecular weight is 264 g/mol. The smallest absolute Gasteiger partial charge is 0.120 e. The predicted octanol–water partition coefficient (Wildman–Crippen LogP) is 4.43. The molecule has 0 N–H and O–H groups in total. The van der Waals surface area contributed by atoms with Crippen molar-refractivity contribution in [2.45, 2.75) is 6.61 Å². The topological polar surface area (TPSA) is 18.5 Å². The summed E-state index contributed by atoms with van der Waals surface area (Å²) in [5.74, 6) is 1.68. The highest BCUT2D eigenvalue weighted by atomic mass is 16.5. The largest absolute Gasteiger partial charge is 0.497 e. The number of hydrogen-bond acceptors (Lipinski definition) is 2. The van der Waals surface area contributed by atoms with Crippen LogP contribution in [0.5, 0.6) is 11.5 Å². The SMILES string of the molecule is COc1ccc(OCc2cccc3ccccc23)cc1. The van der Waals surface area contributed by atoms with Crippen molar-refractivity contribution in [2.75, 3.05) is 7.11 Å². The van der Waals surface area contributed by atoms with Gasteiger partial charge in [-0.15, -0.1) is 0 Å². The van der Waals surface area contributed by atoms with Gasteiger partial charge in [-0.25, -0.2) is 0 Å². The Balaban J connectivity index is 1.79. The fraction of sp³-hybridized carbons (Fsp3) is 0.111. The first-order valence-corrected chi connectivity index (χ1v) is 6.60. The summed E-state index contributed by atoms with van der Waals surface area (Å²) in [5, 5.41) is 2.48. The molecule has 0 bridgehead atoms. The lowest BCUT2D eigenvalue weighted by Gasteiger charge is -2.09. The molecule has 0 amide bonds. The highest BCUT2D eigenvalue weighted by Crippen LogP contribution is 2.22. The monoisotopic (exact) mass is 264 g/mol. The Morgan fingerprint density at radius 2 is 1.45 bits per heavy atom. The first-order valence-electron chi connectivity index (χ1n) is 6.60. The Hall–Kier alpha value is -2.48. The Labute approximate surface area is 118 Å². The second-order valence-electron chi connectivity index (χ2n) is 4.60. The summed E-state index contributed by atoms with van der Waals surface area (Å²) in [6.45, 7) is 0.563. The van der Waals surface area contributed by atoms with Gasteiger partial charge in [0.1, 0.15) is 18.1 Å². The van der Waals surface area contributed by atoms with Crippen LogP contribution in [0.3, 0.4) is 0 Å². The van der Waals surface area contributed by atoms with Gasteiger partial charge in [-0.1, -0.05) is 42.5 Å². The van der Waals surface area contributed by atoms with Crippen LogP contribution in [-0.2, 0) is 6.61 Å². The Morgan fingerprint density at radius 1 is 0.750 bits per heavy atom. The second-order valence-corrected chi connectivity index (χ2v) is 4.60. The highest BCUT2D eigenvalue weighted by Gasteiger charge is 2.01. The van der Waals surface area contributed by atoms with E-state index in [0.717, 1.165) is 11.5 Å². The van der Waals surface area contributed by atoms with E-state index in [2.05, 4.69) is 42.5 Å². The molecule has 2 heteroatoms. The van der Waals surface area contributed by atoms with Crippen LogP contribution >= 0.6 is 0 Å². The van der Waals surface area contributed by atoms with E-state index >= 15 is 0 Å². The molecule has 0 radical (unpaired) electrons. The molecule has 0 aromatic heterocycles. The van der Waals surface area contributed by atoms with Crippen molar-refractivity contribution in [3.05, 3.63) is 72.3 Å². The molecule has 0 aliphatic rings. The van der Waals surface area contributed by atoms with E-state index in [1.165, 1.54) is 16.3 Å². The van der Waals surface area contributed by atoms with Crippen LogP contribution in [0.2, 0.25) is 0 Å². The maximum Gasteiger partial charge on any atom is 0.120 e. The van der Waals surface area contributed by atoms with Gasteiger partial charge in [0.15, 0.2) is 0 Å². The Morgan fingerprint density at radius 3 is 2.25 bits per heavy atom. The molecular formula is C18H16O2. The van der Waals surface area contributed by atoms with Crippen molar-refractivity contribution in [1.82, 2.24) is 0 Å². The molecule has 0 saturated heterocycles. The molecule has 100 valence electrons. The quantitative estimate of drug-likeness (QED) is 0.694. The highest BCUT2D eigenvalue weighted by molar-refractivity contribution is 5.85. The molecule has 3 rings (SSSR count). The fourth-order valence-corrected chi connectivity index (χ4v) is 2.25. The first kappa shape index (κ1) is 12.5. The zero-order chi connectivity index (χ0) is 13.8. The van der Waals surface area contributed by atoms with E-state index in [9.17, 15) is 0 Å². The summed E-state index contributed by atoms with van der Waals surface area (Å²) < 4.78 is 11.0. The Bertz CT molecular complexity index is 697. The van der Waals surface area contributed by atoms with E-state index in [-0.39, 0.29) is 0 Å². The molecule has 0 atom stereocenters. The molecule has 0 heterocycles. The van der Waals surface area contributed by atoms with Crippen molar-refractivity contribution >= 4 is 10.8 Å². The van der Waals surface area contributed by atoms with Crippen molar-refractivity contribution in [2.24, 2.45) is 0 Å². The van der Waals surface area contributed by atoms with E-state index in [1.807, 2.05) is 24.3 Å². The third-order valence-corrected chi connectivity index (χ3v) is 3.33. The molecule has 0 spiro atoms. The molecular weight excluding hydrogens is 248 g/mol. The summed E-state index contributed by atoms with van der Waals surface area (Å²) in [5.41, 5.74) is 1.19. The van der Waals surface area contributed by atoms with Crippen LogP contribution in [0, 0.1) is 0 Å². The van der Waals surface area contributed by atoms with Crippen LogP contribution in [0.4, 0.5) is 0 Å². The summed E-state index contributed by atoms with van der Waals surface area (Å²) in [7, 11) is 1.66. The summed E-state index contributed by atoms with van der Waals surface area (Å²) in [4.78, 5) is 0. The fourth-order valence-electron chi connectivity index (χ4n) is 2.25. The van der Waals surface area contributed by atoms with Gasteiger partial charge in [0.25, 0.3) is 0 Å². The van der Waals surface area contributed by atoms with Crippen LogP contribution in [0.15, 0.2) is 66.7 Å². The third-order valence-electron chi connectivity index (χ3n) is 3.33. The number of methoxy groups -OCH3 is 1. The minimum atomic E-state index is 0.563. The van der Waals surface area contributed by atoms with Gasteiger partial charge in [-0.3, -0.25) is 0 Å². The lowest BCUT2D eigenvalue weighted by atomic mass is 10.1. The van der Waals surface area contributed by atoms with Crippen LogP contribution in [0.25, 0.3) is 10.8 Å². The van der Waals surface area contributed by atoms with Gasteiger partial charge < -0.3 is 9.47 Å². The predicted molar refractivity (Wildman–Crippen MR) is 81.3 cm³/mol. The molecule has 0 fully saturated rings. The standard InChI is InChI=1S/C18H16O2/c1-19-16-9-11-17(12-10-16)20-13-15-7-4-6-14-5-2-3-8-18(14)15/h2-12H,13H2,1H3. The molecule has 3 aromatic rings. The maximum atomic E-state index is 5.84. The van der Waals surface area contributed by atoms with Crippen molar-refractivity contribution in [1.29, 1.82) is 0 Å². The lowest BCUT2D eigenvalue weighted by molar-refractivity contribution is 0.307. The molecule has 0 saturated carbocycles. The molecule has 0 unspecified atom stereocenters. The molecule has 0 aliphatic carbocycles. The zero-order valence-electron chi connectivity index (χ0n) is 11.4.